The predicted molar refractivity (Wildman–Crippen MR) is 91.8 cm³/mol. The number of ether oxygens (including phenoxy) is 1. The topological polar surface area (TPSA) is 47.0 Å². The van der Waals surface area contributed by atoms with Gasteiger partial charge in [0, 0.05) is 29.5 Å². The molecule has 0 radical (unpaired) electrons. The van der Waals surface area contributed by atoms with Crippen molar-refractivity contribution in [1.82, 2.24) is 9.97 Å². The molecule has 0 aliphatic carbocycles. The SMILES string of the molecule is CC1(C)Nc2cc(F)c(-c3ncncc3Cl)cc2C2(C)CCOC12. The molecule has 0 spiro atoms. The molecule has 24 heavy (non-hydrogen) atoms. The molecule has 2 aliphatic heterocycles. The molecule has 2 unspecified atom stereocenters. The zero-order valence-electron chi connectivity index (χ0n) is 13.9. The van der Waals surface area contributed by atoms with E-state index in [1.54, 1.807) is 6.07 Å². The van der Waals surface area contributed by atoms with Crippen LogP contribution in [0.3, 0.4) is 0 Å². The molecule has 0 bridgehead atoms. The minimum absolute atomic E-state index is 0.0247. The third-order valence-corrected chi connectivity index (χ3v) is 5.52. The molecule has 0 amide bonds. The Labute approximate surface area is 145 Å². The van der Waals surface area contributed by atoms with Gasteiger partial charge in [0.1, 0.15) is 12.1 Å². The first-order valence-corrected chi connectivity index (χ1v) is 8.40. The maximum absolute atomic E-state index is 14.8. The molecular formula is C18H19ClFN3O. The summed E-state index contributed by atoms with van der Waals surface area (Å²) in [4.78, 5) is 8.04. The highest BCUT2D eigenvalue weighted by Gasteiger charge is 2.53. The molecule has 6 heteroatoms. The minimum Gasteiger partial charge on any atom is -0.377 e. The Morgan fingerprint density at radius 3 is 2.88 bits per heavy atom. The lowest BCUT2D eigenvalue weighted by Crippen LogP contribution is -2.56. The van der Waals surface area contributed by atoms with Gasteiger partial charge in [-0.05, 0) is 38.0 Å². The van der Waals surface area contributed by atoms with Gasteiger partial charge >= 0.3 is 0 Å². The van der Waals surface area contributed by atoms with Crippen molar-refractivity contribution in [2.75, 3.05) is 11.9 Å². The molecular weight excluding hydrogens is 329 g/mol. The van der Waals surface area contributed by atoms with Gasteiger partial charge in [0.15, 0.2) is 0 Å². The van der Waals surface area contributed by atoms with Crippen molar-refractivity contribution < 1.29 is 9.13 Å². The summed E-state index contributed by atoms with van der Waals surface area (Å²) in [5.41, 5.74) is 2.24. The molecule has 126 valence electrons. The molecule has 4 rings (SSSR count). The standard InChI is InChI=1S/C18H19ClFN3O/c1-17(2)16-18(3,4-5-24-16)11-6-10(13(20)7-14(11)23-17)15-12(19)8-21-9-22-15/h6-9,16,23H,4-5H2,1-3H3. The van der Waals surface area contributed by atoms with E-state index in [1.165, 1.54) is 12.5 Å². The first-order valence-electron chi connectivity index (χ1n) is 8.02. The number of halogens is 2. The van der Waals surface area contributed by atoms with Crippen molar-refractivity contribution >= 4 is 17.3 Å². The van der Waals surface area contributed by atoms with E-state index in [2.05, 4.69) is 36.1 Å². The van der Waals surface area contributed by atoms with Crippen LogP contribution in [0.2, 0.25) is 5.02 Å². The number of nitrogens with zero attached hydrogens (tertiary/aromatic N) is 2. The number of aromatic nitrogens is 2. The Morgan fingerprint density at radius 2 is 2.12 bits per heavy atom. The van der Waals surface area contributed by atoms with Crippen molar-refractivity contribution in [2.45, 2.75) is 44.2 Å². The smallest absolute Gasteiger partial charge is 0.134 e. The van der Waals surface area contributed by atoms with Crippen LogP contribution in [-0.4, -0.2) is 28.2 Å². The number of hydrogen-bond acceptors (Lipinski definition) is 4. The molecule has 1 fully saturated rings. The van der Waals surface area contributed by atoms with Gasteiger partial charge in [-0.1, -0.05) is 18.5 Å². The Bertz CT molecular complexity index is 826. The van der Waals surface area contributed by atoms with Gasteiger partial charge in [-0.3, -0.25) is 0 Å². The van der Waals surface area contributed by atoms with Gasteiger partial charge in [-0.25, -0.2) is 14.4 Å². The summed E-state index contributed by atoms with van der Waals surface area (Å²) in [5.74, 6) is -0.349. The second kappa shape index (κ2) is 5.14. The van der Waals surface area contributed by atoms with E-state index in [9.17, 15) is 4.39 Å². The van der Waals surface area contributed by atoms with Crippen LogP contribution in [0.25, 0.3) is 11.3 Å². The van der Waals surface area contributed by atoms with Crippen LogP contribution in [0, 0.1) is 5.82 Å². The third kappa shape index (κ3) is 2.15. The highest BCUT2D eigenvalue weighted by molar-refractivity contribution is 6.32. The van der Waals surface area contributed by atoms with Crippen LogP contribution in [0.1, 0.15) is 32.8 Å². The minimum atomic E-state index is -0.349. The van der Waals surface area contributed by atoms with Crippen molar-refractivity contribution in [3.8, 4) is 11.3 Å². The third-order valence-electron chi connectivity index (χ3n) is 5.24. The molecule has 1 saturated heterocycles. The molecule has 1 aromatic carbocycles. The van der Waals surface area contributed by atoms with Crippen LogP contribution >= 0.6 is 11.6 Å². The van der Waals surface area contributed by atoms with Crippen molar-refractivity contribution in [1.29, 1.82) is 0 Å². The zero-order chi connectivity index (χ0) is 17.1. The first kappa shape index (κ1) is 15.8. The van der Waals surface area contributed by atoms with E-state index in [0.29, 0.717) is 22.9 Å². The van der Waals surface area contributed by atoms with Gasteiger partial charge < -0.3 is 10.1 Å². The maximum atomic E-state index is 14.8. The Kier molecular flexibility index (Phi) is 3.38. The highest BCUT2D eigenvalue weighted by Crippen LogP contribution is 2.51. The second-order valence-corrected chi connectivity index (χ2v) is 7.77. The molecule has 4 nitrogen and oxygen atoms in total. The number of fused-ring (bicyclic) bond motifs is 3. The molecule has 1 aromatic heterocycles. The fourth-order valence-corrected chi connectivity index (χ4v) is 4.45. The molecule has 2 aromatic rings. The lowest BCUT2D eigenvalue weighted by atomic mass is 9.67. The van der Waals surface area contributed by atoms with E-state index < -0.39 is 0 Å². The lowest BCUT2D eigenvalue weighted by molar-refractivity contribution is 0.0352. The van der Waals surface area contributed by atoms with Crippen molar-refractivity contribution in [2.24, 2.45) is 0 Å². The average molecular weight is 348 g/mol. The molecule has 0 saturated carbocycles. The summed E-state index contributed by atoms with van der Waals surface area (Å²) in [7, 11) is 0. The molecule has 3 heterocycles. The normalized spacial score (nSPS) is 27.3. The van der Waals surface area contributed by atoms with E-state index in [0.717, 1.165) is 17.7 Å². The van der Waals surface area contributed by atoms with E-state index in [4.69, 9.17) is 16.3 Å². The lowest BCUT2D eigenvalue weighted by Gasteiger charge is -2.48. The number of anilines is 1. The highest BCUT2D eigenvalue weighted by atomic mass is 35.5. The van der Waals surface area contributed by atoms with Crippen LogP contribution < -0.4 is 5.32 Å². The van der Waals surface area contributed by atoms with Crippen molar-refractivity contribution in [3.05, 3.63) is 41.1 Å². The predicted octanol–water partition coefficient (Wildman–Crippen LogP) is 4.19. The van der Waals surface area contributed by atoms with Gasteiger partial charge in [-0.15, -0.1) is 0 Å². The van der Waals surface area contributed by atoms with Gasteiger partial charge in [-0.2, -0.15) is 0 Å². The molecule has 2 atom stereocenters. The summed E-state index contributed by atoms with van der Waals surface area (Å²) in [6.07, 6.45) is 3.78. The van der Waals surface area contributed by atoms with Crippen LogP contribution in [0.4, 0.5) is 10.1 Å². The van der Waals surface area contributed by atoms with E-state index in [1.807, 2.05) is 6.07 Å². The van der Waals surface area contributed by atoms with Crippen molar-refractivity contribution in [3.63, 3.8) is 0 Å². The quantitative estimate of drug-likeness (QED) is 0.840. The maximum Gasteiger partial charge on any atom is 0.134 e. The number of hydrogen-bond donors (Lipinski definition) is 1. The molecule has 1 N–H and O–H groups in total. The van der Waals surface area contributed by atoms with Crippen LogP contribution in [0.5, 0.6) is 0 Å². The van der Waals surface area contributed by atoms with Gasteiger partial charge in [0.2, 0.25) is 0 Å². The zero-order valence-corrected chi connectivity index (χ0v) is 14.6. The van der Waals surface area contributed by atoms with Crippen LogP contribution in [0.15, 0.2) is 24.7 Å². The Morgan fingerprint density at radius 1 is 1.33 bits per heavy atom. The summed E-state index contributed by atoms with van der Waals surface area (Å²) >= 11 is 6.17. The number of benzene rings is 1. The fraction of sp³-hybridized carbons (Fsp3) is 0.444. The monoisotopic (exact) mass is 347 g/mol. The Hall–Kier alpha value is -1.72. The fourth-order valence-electron chi connectivity index (χ4n) is 4.24. The number of nitrogens with one attached hydrogen (secondary N) is 1. The summed E-state index contributed by atoms with van der Waals surface area (Å²) in [6.45, 7) is 7.08. The second-order valence-electron chi connectivity index (χ2n) is 7.36. The van der Waals surface area contributed by atoms with Gasteiger partial charge in [0.25, 0.3) is 0 Å². The number of rotatable bonds is 1. The summed E-state index contributed by atoms with van der Waals surface area (Å²) < 4.78 is 20.8. The van der Waals surface area contributed by atoms with E-state index in [-0.39, 0.29) is 22.9 Å². The first-order chi connectivity index (χ1) is 11.3. The van der Waals surface area contributed by atoms with Crippen LogP contribution in [-0.2, 0) is 10.2 Å². The average Bonchev–Trinajstić information content (AvgIpc) is 2.92. The summed E-state index contributed by atoms with van der Waals surface area (Å²) in [5, 5.41) is 3.77. The largest absolute Gasteiger partial charge is 0.377 e. The summed E-state index contributed by atoms with van der Waals surface area (Å²) in [6, 6.07) is 3.41. The Balaban J connectivity index is 1.94. The molecule has 2 aliphatic rings. The van der Waals surface area contributed by atoms with Gasteiger partial charge in [0.05, 0.1) is 22.4 Å². The van der Waals surface area contributed by atoms with E-state index >= 15 is 0 Å².